The van der Waals surface area contributed by atoms with Crippen LogP contribution in [0, 0.1) is 6.92 Å². The van der Waals surface area contributed by atoms with Crippen molar-refractivity contribution >= 4 is 15.7 Å². The van der Waals surface area contributed by atoms with Crippen LogP contribution in [-0.4, -0.2) is 14.5 Å². The number of sulfonamides is 1. The van der Waals surface area contributed by atoms with Crippen LogP contribution in [0.25, 0.3) is 0 Å². The van der Waals surface area contributed by atoms with E-state index in [2.05, 4.69) is 13.0 Å². The fourth-order valence-electron chi connectivity index (χ4n) is 4.65. The Kier molecular flexibility index (Phi) is 8.38. The Morgan fingerprint density at radius 2 is 1.50 bits per heavy atom. The number of aryl methyl sites for hydroxylation is 2. The summed E-state index contributed by atoms with van der Waals surface area (Å²) >= 11 is 0. The highest BCUT2D eigenvalue weighted by Gasteiger charge is 2.35. The van der Waals surface area contributed by atoms with Gasteiger partial charge in [0.1, 0.15) is 0 Å². The van der Waals surface area contributed by atoms with E-state index in [1.54, 1.807) is 10.4 Å². The second-order valence-electron chi connectivity index (χ2n) is 8.65. The van der Waals surface area contributed by atoms with Crippen LogP contribution in [0.2, 0.25) is 0 Å². The Labute approximate surface area is 183 Å². The molecule has 0 radical (unpaired) electrons. The Morgan fingerprint density at radius 1 is 0.867 bits per heavy atom. The molecule has 3 nitrogen and oxygen atoms in total. The van der Waals surface area contributed by atoms with Crippen molar-refractivity contribution in [3.63, 3.8) is 0 Å². The summed E-state index contributed by atoms with van der Waals surface area (Å²) in [7, 11) is -3.60. The summed E-state index contributed by atoms with van der Waals surface area (Å²) in [6, 6.07) is 15.6. The number of benzene rings is 2. The fraction of sp³-hybridized carbons (Fsp3) is 0.538. The molecule has 1 saturated carbocycles. The first-order valence-corrected chi connectivity index (χ1v) is 13.2. The number of anilines is 1. The SMILES string of the molecule is CCCCCCCCc1ccccc1N(C1CCCC1)S(=O)(=O)c1ccccc1C. The Morgan fingerprint density at radius 3 is 2.23 bits per heavy atom. The predicted molar refractivity (Wildman–Crippen MR) is 127 cm³/mol. The van der Waals surface area contributed by atoms with Gasteiger partial charge in [-0.25, -0.2) is 8.42 Å². The molecule has 1 fully saturated rings. The number of nitrogens with zero attached hydrogens (tertiary/aromatic N) is 1. The van der Waals surface area contributed by atoms with E-state index in [0.29, 0.717) is 4.90 Å². The van der Waals surface area contributed by atoms with Gasteiger partial charge in [0.2, 0.25) is 0 Å². The van der Waals surface area contributed by atoms with Gasteiger partial charge in [0.15, 0.2) is 0 Å². The highest BCUT2D eigenvalue weighted by molar-refractivity contribution is 7.93. The van der Waals surface area contributed by atoms with E-state index in [4.69, 9.17) is 0 Å². The largest absolute Gasteiger partial charge is 0.264 e. The fourth-order valence-corrected chi connectivity index (χ4v) is 6.62. The zero-order valence-electron chi connectivity index (χ0n) is 18.6. The third kappa shape index (κ3) is 5.46. The van der Waals surface area contributed by atoms with Gasteiger partial charge in [0, 0.05) is 6.04 Å². The van der Waals surface area contributed by atoms with Crippen molar-refractivity contribution < 1.29 is 8.42 Å². The Balaban J connectivity index is 1.89. The molecule has 2 aromatic carbocycles. The van der Waals surface area contributed by atoms with Gasteiger partial charge in [-0.1, -0.05) is 88.3 Å². The second-order valence-corrected chi connectivity index (χ2v) is 10.4. The molecule has 0 unspecified atom stereocenters. The Bertz CT molecular complexity index is 901. The summed E-state index contributed by atoms with van der Waals surface area (Å²) < 4.78 is 29.5. The summed E-state index contributed by atoms with van der Waals surface area (Å²) in [5, 5.41) is 0. The quantitative estimate of drug-likeness (QED) is 0.361. The molecular formula is C26H37NO2S. The summed E-state index contributed by atoms with van der Waals surface area (Å²) in [4.78, 5) is 0.436. The normalized spacial score (nSPS) is 14.9. The molecule has 0 aliphatic heterocycles. The van der Waals surface area contributed by atoms with E-state index in [1.807, 2.05) is 43.3 Å². The lowest BCUT2D eigenvalue weighted by molar-refractivity contribution is 0.573. The average molecular weight is 428 g/mol. The van der Waals surface area contributed by atoms with E-state index < -0.39 is 10.0 Å². The topological polar surface area (TPSA) is 37.4 Å². The summed E-state index contributed by atoms with van der Waals surface area (Å²) in [6.45, 7) is 4.13. The smallest absolute Gasteiger partial charge is 0.263 e. The van der Waals surface area contributed by atoms with Gasteiger partial charge in [-0.3, -0.25) is 4.31 Å². The maximum Gasteiger partial charge on any atom is 0.264 e. The number of hydrogen-bond acceptors (Lipinski definition) is 2. The van der Waals surface area contributed by atoms with Crippen molar-refractivity contribution in [1.82, 2.24) is 0 Å². The van der Waals surface area contributed by atoms with Crippen LogP contribution in [-0.2, 0) is 16.4 Å². The maximum atomic E-state index is 13.9. The van der Waals surface area contributed by atoms with E-state index >= 15 is 0 Å². The Hall–Kier alpha value is -1.81. The second kappa shape index (κ2) is 11.0. The predicted octanol–water partition coefficient (Wildman–Crippen LogP) is 7.04. The van der Waals surface area contributed by atoms with E-state index in [0.717, 1.165) is 55.3 Å². The van der Waals surface area contributed by atoms with Crippen LogP contribution in [0.4, 0.5) is 5.69 Å². The molecule has 0 saturated heterocycles. The molecule has 0 aromatic heterocycles. The van der Waals surface area contributed by atoms with Crippen LogP contribution in [0.15, 0.2) is 53.4 Å². The molecule has 0 spiro atoms. The third-order valence-electron chi connectivity index (χ3n) is 6.32. The third-order valence-corrected chi connectivity index (χ3v) is 8.34. The molecule has 0 bridgehead atoms. The van der Waals surface area contributed by atoms with Crippen LogP contribution < -0.4 is 4.31 Å². The van der Waals surface area contributed by atoms with E-state index in [9.17, 15) is 8.42 Å². The minimum Gasteiger partial charge on any atom is -0.263 e. The van der Waals surface area contributed by atoms with Crippen molar-refractivity contribution in [2.45, 2.75) is 95.4 Å². The van der Waals surface area contributed by atoms with Gasteiger partial charge in [0.25, 0.3) is 10.0 Å². The first-order chi connectivity index (χ1) is 14.6. The van der Waals surface area contributed by atoms with Crippen molar-refractivity contribution in [3.8, 4) is 0 Å². The van der Waals surface area contributed by atoms with Gasteiger partial charge < -0.3 is 0 Å². The highest BCUT2D eigenvalue weighted by Crippen LogP contribution is 2.36. The molecule has 3 rings (SSSR count). The lowest BCUT2D eigenvalue weighted by atomic mass is 10.0. The monoisotopic (exact) mass is 427 g/mol. The van der Waals surface area contributed by atoms with Crippen LogP contribution in [0.5, 0.6) is 0 Å². The van der Waals surface area contributed by atoms with Gasteiger partial charge in [-0.2, -0.15) is 0 Å². The van der Waals surface area contributed by atoms with Gasteiger partial charge >= 0.3 is 0 Å². The molecule has 0 N–H and O–H groups in total. The van der Waals surface area contributed by atoms with Crippen molar-refractivity contribution in [2.75, 3.05) is 4.31 Å². The first-order valence-electron chi connectivity index (χ1n) is 11.7. The van der Waals surface area contributed by atoms with Crippen molar-refractivity contribution in [1.29, 1.82) is 0 Å². The van der Waals surface area contributed by atoms with Crippen LogP contribution in [0.1, 0.15) is 82.3 Å². The van der Waals surface area contributed by atoms with Crippen LogP contribution in [0.3, 0.4) is 0 Å². The average Bonchev–Trinajstić information content (AvgIpc) is 3.26. The minimum absolute atomic E-state index is 0.0558. The van der Waals surface area contributed by atoms with Crippen molar-refractivity contribution in [3.05, 3.63) is 59.7 Å². The summed E-state index contributed by atoms with van der Waals surface area (Å²) in [5.74, 6) is 0. The molecule has 4 heteroatoms. The van der Waals surface area contributed by atoms with Crippen molar-refractivity contribution in [2.24, 2.45) is 0 Å². The molecule has 0 amide bonds. The van der Waals surface area contributed by atoms with E-state index in [1.165, 1.54) is 32.1 Å². The summed E-state index contributed by atoms with van der Waals surface area (Å²) in [6.07, 6.45) is 12.5. The number of hydrogen-bond donors (Lipinski definition) is 0. The van der Waals surface area contributed by atoms with E-state index in [-0.39, 0.29) is 6.04 Å². The molecule has 1 aliphatic rings. The van der Waals surface area contributed by atoms with Crippen LogP contribution >= 0.6 is 0 Å². The molecule has 2 aromatic rings. The first kappa shape index (κ1) is 22.9. The van der Waals surface area contributed by atoms with Gasteiger partial charge in [-0.15, -0.1) is 0 Å². The zero-order chi connectivity index (χ0) is 21.4. The molecule has 164 valence electrons. The maximum absolute atomic E-state index is 13.9. The zero-order valence-corrected chi connectivity index (χ0v) is 19.5. The highest BCUT2D eigenvalue weighted by atomic mass is 32.2. The molecular weight excluding hydrogens is 390 g/mol. The molecule has 1 aliphatic carbocycles. The molecule has 30 heavy (non-hydrogen) atoms. The van der Waals surface area contributed by atoms with Gasteiger partial charge in [-0.05, 0) is 55.9 Å². The summed E-state index contributed by atoms with van der Waals surface area (Å²) in [5.41, 5.74) is 2.87. The lowest BCUT2D eigenvalue weighted by Gasteiger charge is -2.32. The standard InChI is InChI=1S/C26H37NO2S/c1-3-4-5-6-7-8-16-23-17-10-13-20-25(23)27(24-18-11-12-19-24)30(28,29)26-21-14-9-15-22(26)2/h9-10,13-15,17,20-21,24H,3-8,11-12,16,18-19H2,1-2H3. The van der Waals surface area contributed by atoms with Gasteiger partial charge in [0.05, 0.1) is 10.6 Å². The molecule has 0 atom stereocenters. The number of rotatable bonds is 11. The lowest BCUT2D eigenvalue weighted by Crippen LogP contribution is -2.39. The minimum atomic E-state index is -3.60. The number of para-hydroxylation sites is 1. The molecule has 0 heterocycles. The number of unbranched alkanes of at least 4 members (excludes halogenated alkanes) is 5.